The molecule has 0 amide bonds. The van der Waals surface area contributed by atoms with E-state index >= 15 is 0 Å². The molecule has 2 aromatic carbocycles. The van der Waals surface area contributed by atoms with Crippen molar-refractivity contribution in [2.24, 2.45) is 0 Å². The third-order valence-electron chi connectivity index (χ3n) is 5.12. The summed E-state index contributed by atoms with van der Waals surface area (Å²) in [6.07, 6.45) is 0.981. The summed E-state index contributed by atoms with van der Waals surface area (Å²) in [6.45, 7) is 7.16. The van der Waals surface area contributed by atoms with Crippen LogP contribution in [0.4, 0.5) is 29.2 Å². The predicted octanol–water partition coefficient (Wildman–Crippen LogP) is 4.39. The highest BCUT2D eigenvalue weighted by molar-refractivity contribution is 5.73. The molecule has 1 aliphatic heterocycles. The SMILES string of the molecule is CC[C@H](C)Nc1nc(N2CCOCC2)nc(N(c2ccccc2)c2ccccc2)n1. The van der Waals surface area contributed by atoms with E-state index in [1.165, 1.54) is 0 Å². The minimum atomic E-state index is 0.264. The van der Waals surface area contributed by atoms with Gasteiger partial charge < -0.3 is 15.0 Å². The number of ether oxygens (including phenoxy) is 1. The highest BCUT2D eigenvalue weighted by Gasteiger charge is 2.21. The number of nitrogens with zero attached hydrogens (tertiary/aromatic N) is 5. The van der Waals surface area contributed by atoms with Gasteiger partial charge >= 0.3 is 0 Å². The van der Waals surface area contributed by atoms with Crippen molar-refractivity contribution in [1.82, 2.24) is 15.0 Å². The number of aromatic nitrogens is 3. The van der Waals surface area contributed by atoms with Crippen LogP contribution in [0, 0.1) is 0 Å². The molecule has 156 valence electrons. The zero-order chi connectivity index (χ0) is 20.8. The maximum absolute atomic E-state index is 5.51. The molecule has 0 saturated carbocycles. The molecule has 7 heteroatoms. The van der Waals surface area contributed by atoms with E-state index in [9.17, 15) is 0 Å². The van der Waals surface area contributed by atoms with Crippen LogP contribution in [0.2, 0.25) is 0 Å². The van der Waals surface area contributed by atoms with Crippen LogP contribution < -0.4 is 15.1 Å². The Balaban J connectivity index is 1.81. The second-order valence-corrected chi connectivity index (χ2v) is 7.32. The molecular formula is C23H28N6O. The average Bonchev–Trinajstić information content (AvgIpc) is 2.81. The summed E-state index contributed by atoms with van der Waals surface area (Å²) in [6, 6.07) is 20.6. The fourth-order valence-electron chi connectivity index (χ4n) is 3.28. The monoisotopic (exact) mass is 404 g/mol. The lowest BCUT2D eigenvalue weighted by Gasteiger charge is -2.29. The number of morpholine rings is 1. The number of para-hydroxylation sites is 2. The van der Waals surface area contributed by atoms with Crippen LogP contribution in [0.5, 0.6) is 0 Å². The molecular weight excluding hydrogens is 376 g/mol. The quantitative estimate of drug-likeness (QED) is 0.626. The number of nitrogens with one attached hydrogen (secondary N) is 1. The first-order chi connectivity index (χ1) is 14.7. The van der Waals surface area contributed by atoms with E-state index in [-0.39, 0.29) is 6.04 Å². The van der Waals surface area contributed by atoms with Crippen molar-refractivity contribution < 1.29 is 4.74 Å². The molecule has 2 heterocycles. The average molecular weight is 405 g/mol. The van der Waals surface area contributed by atoms with E-state index in [2.05, 4.69) is 53.2 Å². The van der Waals surface area contributed by atoms with Crippen molar-refractivity contribution in [3.8, 4) is 0 Å². The molecule has 0 unspecified atom stereocenters. The Labute approximate surface area is 177 Å². The second-order valence-electron chi connectivity index (χ2n) is 7.32. The first-order valence-corrected chi connectivity index (χ1v) is 10.5. The Morgan fingerprint density at radius 1 is 0.933 bits per heavy atom. The summed E-state index contributed by atoms with van der Waals surface area (Å²) in [5.74, 6) is 1.85. The lowest BCUT2D eigenvalue weighted by molar-refractivity contribution is 0.122. The van der Waals surface area contributed by atoms with E-state index < -0.39 is 0 Å². The highest BCUT2D eigenvalue weighted by Crippen LogP contribution is 2.33. The van der Waals surface area contributed by atoms with Crippen LogP contribution in [0.25, 0.3) is 0 Å². The van der Waals surface area contributed by atoms with Gasteiger partial charge in [0.15, 0.2) is 0 Å². The molecule has 1 saturated heterocycles. The molecule has 4 rings (SSSR count). The Kier molecular flexibility index (Phi) is 6.39. The van der Waals surface area contributed by atoms with Gasteiger partial charge in [-0.1, -0.05) is 43.3 Å². The lowest BCUT2D eigenvalue weighted by atomic mass is 10.2. The molecule has 1 N–H and O–H groups in total. The van der Waals surface area contributed by atoms with Crippen molar-refractivity contribution in [2.75, 3.05) is 41.4 Å². The third-order valence-corrected chi connectivity index (χ3v) is 5.12. The first-order valence-electron chi connectivity index (χ1n) is 10.5. The van der Waals surface area contributed by atoms with Gasteiger partial charge in [0.2, 0.25) is 17.8 Å². The molecule has 0 radical (unpaired) electrons. The van der Waals surface area contributed by atoms with Gasteiger partial charge in [-0.15, -0.1) is 0 Å². The molecule has 30 heavy (non-hydrogen) atoms. The Hall–Kier alpha value is -3.19. The van der Waals surface area contributed by atoms with Gasteiger partial charge in [0.1, 0.15) is 0 Å². The zero-order valence-corrected chi connectivity index (χ0v) is 17.5. The van der Waals surface area contributed by atoms with Crippen molar-refractivity contribution in [3.05, 3.63) is 60.7 Å². The Bertz CT molecular complexity index is 891. The maximum atomic E-state index is 5.51. The molecule has 0 spiro atoms. The third kappa shape index (κ3) is 4.68. The van der Waals surface area contributed by atoms with E-state index in [0.717, 1.165) is 30.9 Å². The van der Waals surface area contributed by atoms with E-state index in [4.69, 9.17) is 19.7 Å². The number of anilines is 5. The van der Waals surface area contributed by atoms with Crippen molar-refractivity contribution >= 4 is 29.2 Å². The fraction of sp³-hybridized carbons (Fsp3) is 0.348. The lowest BCUT2D eigenvalue weighted by Crippen LogP contribution is -2.38. The van der Waals surface area contributed by atoms with Gasteiger partial charge in [-0.3, -0.25) is 4.90 Å². The molecule has 0 aliphatic carbocycles. The van der Waals surface area contributed by atoms with Crippen LogP contribution in [-0.2, 0) is 4.74 Å². The summed E-state index contributed by atoms with van der Waals surface area (Å²) in [7, 11) is 0. The van der Waals surface area contributed by atoms with Gasteiger partial charge in [0.25, 0.3) is 0 Å². The van der Waals surface area contributed by atoms with Crippen molar-refractivity contribution in [1.29, 1.82) is 0 Å². The largest absolute Gasteiger partial charge is 0.378 e. The zero-order valence-electron chi connectivity index (χ0n) is 17.5. The number of rotatable bonds is 7. The summed E-state index contributed by atoms with van der Waals surface area (Å²) in [5, 5.41) is 3.42. The summed E-state index contributed by atoms with van der Waals surface area (Å²) in [4.78, 5) is 18.6. The highest BCUT2D eigenvalue weighted by atomic mass is 16.5. The van der Waals surface area contributed by atoms with Gasteiger partial charge in [-0.25, -0.2) is 0 Å². The van der Waals surface area contributed by atoms with Crippen LogP contribution in [0.15, 0.2) is 60.7 Å². The van der Waals surface area contributed by atoms with Gasteiger partial charge in [-0.2, -0.15) is 15.0 Å². The Morgan fingerprint density at radius 2 is 1.53 bits per heavy atom. The molecule has 1 aliphatic rings. The van der Waals surface area contributed by atoms with Crippen molar-refractivity contribution in [2.45, 2.75) is 26.3 Å². The van der Waals surface area contributed by atoms with Crippen LogP contribution >= 0.6 is 0 Å². The predicted molar refractivity (Wildman–Crippen MR) is 121 cm³/mol. The standard InChI is InChI=1S/C23H28N6O/c1-3-18(2)24-21-25-22(28-14-16-30-17-15-28)27-23(26-21)29(19-10-6-4-7-11-19)20-12-8-5-9-13-20/h4-13,18H,3,14-17H2,1-2H3,(H,24,25,26,27)/t18-/m0/s1. The second kappa shape index (κ2) is 9.54. The fourth-order valence-corrected chi connectivity index (χ4v) is 3.28. The van der Waals surface area contributed by atoms with Gasteiger partial charge in [-0.05, 0) is 37.6 Å². The minimum absolute atomic E-state index is 0.264. The molecule has 0 bridgehead atoms. The summed E-state index contributed by atoms with van der Waals surface area (Å²) < 4.78 is 5.51. The maximum Gasteiger partial charge on any atom is 0.241 e. The van der Waals surface area contributed by atoms with Crippen LogP contribution in [0.1, 0.15) is 20.3 Å². The first kappa shape index (κ1) is 20.1. The van der Waals surface area contributed by atoms with E-state index in [1.54, 1.807) is 0 Å². The smallest absolute Gasteiger partial charge is 0.241 e. The van der Waals surface area contributed by atoms with Gasteiger partial charge in [0, 0.05) is 30.5 Å². The summed E-state index contributed by atoms with van der Waals surface area (Å²) >= 11 is 0. The Morgan fingerprint density at radius 3 is 2.10 bits per heavy atom. The molecule has 1 atom stereocenters. The molecule has 1 fully saturated rings. The van der Waals surface area contributed by atoms with Crippen LogP contribution in [-0.4, -0.2) is 47.3 Å². The minimum Gasteiger partial charge on any atom is -0.378 e. The molecule has 1 aromatic heterocycles. The normalized spacial score (nSPS) is 14.9. The topological polar surface area (TPSA) is 66.4 Å². The van der Waals surface area contributed by atoms with Crippen molar-refractivity contribution in [3.63, 3.8) is 0 Å². The number of hydrogen-bond donors (Lipinski definition) is 1. The number of benzene rings is 2. The summed E-state index contributed by atoms with van der Waals surface area (Å²) in [5.41, 5.74) is 2.00. The van der Waals surface area contributed by atoms with E-state index in [0.29, 0.717) is 31.1 Å². The van der Waals surface area contributed by atoms with Crippen LogP contribution in [0.3, 0.4) is 0 Å². The van der Waals surface area contributed by atoms with Gasteiger partial charge in [0.05, 0.1) is 13.2 Å². The molecule has 7 nitrogen and oxygen atoms in total. The number of hydrogen-bond acceptors (Lipinski definition) is 7. The van der Waals surface area contributed by atoms with E-state index in [1.807, 2.05) is 36.4 Å². The molecule has 3 aromatic rings.